The van der Waals surface area contributed by atoms with Gasteiger partial charge < -0.3 is 14.7 Å². The van der Waals surface area contributed by atoms with Crippen LogP contribution < -0.4 is 5.32 Å². The van der Waals surface area contributed by atoms with Crippen molar-refractivity contribution in [1.29, 1.82) is 0 Å². The molecule has 0 radical (unpaired) electrons. The molecule has 2 aromatic heterocycles. The molecular weight excluding hydrogens is 242 g/mol. The van der Waals surface area contributed by atoms with Crippen molar-refractivity contribution in [2.75, 3.05) is 5.32 Å². The monoisotopic (exact) mass is 253 g/mol. The maximum atomic E-state index is 11.9. The second-order valence-corrected chi connectivity index (χ2v) is 3.98. The molecule has 1 aromatic carbocycles. The molecule has 0 aliphatic carbocycles. The van der Waals surface area contributed by atoms with Crippen LogP contribution in [-0.4, -0.2) is 15.9 Å². The summed E-state index contributed by atoms with van der Waals surface area (Å²) >= 11 is 0. The molecule has 0 aliphatic heterocycles. The number of H-pyrrole nitrogens is 1. The van der Waals surface area contributed by atoms with Gasteiger partial charge >= 0.3 is 0 Å². The zero-order chi connectivity index (χ0) is 13.1. The van der Waals surface area contributed by atoms with E-state index in [-0.39, 0.29) is 5.91 Å². The number of rotatable bonds is 3. The number of hydrogen-bond donors (Lipinski definition) is 2. The van der Waals surface area contributed by atoms with Crippen LogP contribution in [0.15, 0.2) is 59.6 Å². The first-order valence-electron chi connectivity index (χ1n) is 5.76. The fraction of sp³-hybridized carbons (Fsp3) is 0. The maximum absolute atomic E-state index is 11.9. The third kappa shape index (κ3) is 2.40. The Morgan fingerprint density at radius 1 is 1.26 bits per heavy atom. The van der Waals surface area contributed by atoms with Gasteiger partial charge in [-0.3, -0.25) is 4.79 Å². The van der Waals surface area contributed by atoms with Crippen LogP contribution in [0.5, 0.6) is 0 Å². The van der Waals surface area contributed by atoms with E-state index >= 15 is 0 Å². The van der Waals surface area contributed by atoms with Crippen LogP contribution in [0.4, 0.5) is 5.69 Å². The van der Waals surface area contributed by atoms with Gasteiger partial charge in [0, 0.05) is 17.4 Å². The van der Waals surface area contributed by atoms with Crippen molar-refractivity contribution in [2.45, 2.75) is 0 Å². The lowest BCUT2D eigenvalue weighted by Crippen LogP contribution is -2.12. The van der Waals surface area contributed by atoms with Crippen LogP contribution in [0.1, 0.15) is 10.5 Å². The minimum absolute atomic E-state index is 0.181. The molecule has 2 heterocycles. The molecule has 1 amide bonds. The zero-order valence-electron chi connectivity index (χ0n) is 9.96. The Bertz CT molecular complexity index is 673. The molecule has 0 saturated heterocycles. The Morgan fingerprint density at radius 3 is 2.95 bits per heavy atom. The number of carbonyl (C=O) groups is 1. The van der Waals surface area contributed by atoms with Gasteiger partial charge in [-0.05, 0) is 24.3 Å². The van der Waals surface area contributed by atoms with Crippen LogP contribution in [0.3, 0.4) is 0 Å². The standard InChI is InChI=1S/C14H11N3O2/c18-14(12-5-2-6-16-12)17-11-4-1-3-10(7-11)13-8-15-9-19-13/h1-9,16H,(H,17,18). The zero-order valence-corrected chi connectivity index (χ0v) is 9.96. The SMILES string of the molecule is O=C(Nc1cccc(-c2cnco2)c1)c1ccc[nH]1. The number of anilines is 1. The Hall–Kier alpha value is -2.82. The van der Waals surface area contributed by atoms with Crippen molar-refractivity contribution >= 4 is 11.6 Å². The van der Waals surface area contributed by atoms with Crippen molar-refractivity contribution in [2.24, 2.45) is 0 Å². The van der Waals surface area contributed by atoms with E-state index in [1.54, 1.807) is 24.5 Å². The van der Waals surface area contributed by atoms with Gasteiger partial charge in [-0.25, -0.2) is 4.98 Å². The van der Waals surface area contributed by atoms with Crippen LogP contribution in [0.25, 0.3) is 11.3 Å². The summed E-state index contributed by atoms with van der Waals surface area (Å²) in [4.78, 5) is 18.6. The molecule has 0 saturated carbocycles. The number of carbonyl (C=O) groups excluding carboxylic acids is 1. The molecule has 19 heavy (non-hydrogen) atoms. The highest BCUT2D eigenvalue weighted by atomic mass is 16.3. The average Bonchev–Trinajstić information content (AvgIpc) is 3.13. The van der Waals surface area contributed by atoms with Crippen LogP contribution in [0, 0.1) is 0 Å². The summed E-state index contributed by atoms with van der Waals surface area (Å²) in [6.07, 6.45) is 4.71. The molecule has 0 unspecified atom stereocenters. The summed E-state index contributed by atoms with van der Waals surface area (Å²) in [6.45, 7) is 0. The maximum Gasteiger partial charge on any atom is 0.272 e. The van der Waals surface area contributed by atoms with E-state index in [1.807, 2.05) is 24.3 Å². The minimum Gasteiger partial charge on any atom is -0.444 e. The number of benzene rings is 1. The molecular formula is C14H11N3O2. The van der Waals surface area contributed by atoms with E-state index in [0.29, 0.717) is 17.1 Å². The highest BCUT2D eigenvalue weighted by molar-refractivity contribution is 6.03. The van der Waals surface area contributed by atoms with Crippen molar-refractivity contribution < 1.29 is 9.21 Å². The van der Waals surface area contributed by atoms with E-state index in [0.717, 1.165) is 5.56 Å². The first-order valence-corrected chi connectivity index (χ1v) is 5.76. The fourth-order valence-electron chi connectivity index (χ4n) is 1.78. The third-order valence-corrected chi connectivity index (χ3v) is 2.68. The topological polar surface area (TPSA) is 70.9 Å². The van der Waals surface area contributed by atoms with Crippen LogP contribution in [0.2, 0.25) is 0 Å². The Morgan fingerprint density at radius 2 is 2.21 bits per heavy atom. The molecule has 0 bridgehead atoms. The van der Waals surface area contributed by atoms with E-state index in [1.165, 1.54) is 6.39 Å². The van der Waals surface area contributed by atoms with Gasteiger partial charge in [0.05, 0.1) is 6.20 Å². The van der Waals surface area contributed by atoms with E-state index in [9.17, 15) is 4.79 Å². The first-order chi connectivity index (χ1) is 9.33. The molecule has 3 aromatic rings. The predicted molar refractivity (Wildman–Crippen MR) is 70.7 cm³/mol. The van der Waals surface area contributed by atoms with Crippen molar-refractivity contribution in [1.82, 2.24) is 9.97 Å². The number of hydrogen-bond acceptors (Lipinski definition) is 3. The molecule has 94 valence electrons. The molecule has 2 N–H and O–H groups in total. The normalized spacial score (nSPS) is 10.3. The summed E-state index contributed by atoms with van der Waals surface area (Å²) in [5, 5.41) is 2.81. The second-order valence-electron chi connectivity index (χ2n) is 3.98. The van der Waals surface area contributed by atoms with Crippen LogP contribution >= 0.6 is 0 Å². The average molecular weight is 253 g/mol. The quantitative estimate of drug-likeness (QED) is 0.753. The summed E-state index contributed by atoms with van der Waals surface area (Å²) in [5.41, 5.74) is 2.08. The Kier molecular flexibility index (Phi) is 2.86. The van der Waals surface area contributed by atoms with Gasteiger partial charge in [0.25, 0.3) is 5.91 Å². The number of aromatic nitrogens is 2. The summed E-state index contributed by atoms with van der Waals surface area (Å²) in [7, 11) is 0. The molecule has 5 nitrogen and oxygen atoms in total. The number of nitrogens with zero attached hydrogens (tertiary/aromatic N) is 1. The summed E-state index contributed by atoms with van der Waals surface area (Å²) in [6, 6.07) is 10.9. The van der Waals surface area contributed by atoms with E-state index in [4.69, 9.17) is 4.42 Å². The minimum atomic E-state index is -0.181. The van der Waals surface area contributed by atoms with Gasteiger partial charge in [-0.15, -0.1) is 0 Å². The third-order valence-electron chi connectivity index (χ3n) is 2.68. The largest absolute Gasteiger partial charge is 0.444 e. The molecule has 3 rings (SSSR count). The van der Waals surface area contributed by atoms with E-state index in [2.05, 4.69) is 15.3 Å². The lowest BCUT2D eigenvalue weighted by molar-refractivity contribution is 0.102. The van der Waals surface area contributed by atoms with Crippen molar-refractivity contribution in [3.8, 4) is 11.3 Å². The number of nitrogens with one attached hydrogen (secondary N) is 2. The molecule has 5 heteroatoms. The molecule has 0 aliphatic rings. The lowest BCUT2D eigenvalue weighted by atomic mass is 10.1. The highest BCUT2D eigenvalue weighted by Crippen LogP contribution is 2.22. The van der Waals surface area contributed by atoms with Gasteiger partial charge in [0.2, 0.25) is 0 Å². The van der Waals surface area contributed by atoms with Gasteiger partial charge in [-0.1, -0.05) is 12.1 Å². The molecule has 0 atom stereocenters. The van der Waals surface area contributed by atoms with Gasteiger partial charge in [-0.2, -0.15) is 0 Å². The van der Waals surface area contributed by atoms with Crippen LogP contribution in [-0.2, 0) is 0 Å². The van der Waals surface area contributed by atoms with Crippen molar-refractivity contribution in [3.05, 3.63) is 60.9 Å². The second kappa shape index (κ2) is 4.81. The Labute approximate surface area is 109 Å². The smallest absolute Gasteiger partial charge is 0.272 e. The lowest BCUT2D eigenvalue weighted by Gasteiger charge is -2.05. The number of aromatic amines is 1. The molecule has 0 spiro atoms. The van der Waals surface area contributed by atoms with Gasteiger partial charge in [0.1, 0.15) is 5.69 Å². The van der Waals surface area contributed by atoms with E-state index < -0.39 is 0 Å². The summed E-state index contributed by atoms with van der Waals surface area (Å²) < 4.78 is 5.22. The highest BCUT2D eigenvalue weighted by Gasteiger charge is 2.07. The number of amides is 1. The molecule has 0 fully saturated rings. The Balaban J connectivity index is 1.82. The summed E-state index contributed by atoms with van der Waals surface area (Å²) in [5.74, 6) is 0.482. The predicted octanol–water partition coefficient (Wildman–Crippen LogP) is 2.92. The first kappa shape index (κ1) is 11.3. The fourth-order valence-corrected chi connectivity index (χ4v) is 1.78. The van der Waals surface area contributed by atoms with Crippen molar-refractivity contribution in [3.63, 3.8) is 0 Å². The number of oxazole rings is 1. The van der Waals surface area contributed by atoms with Gasteiger partial charge in [0.15, 0.2) is 12.2 Å².